The van der Waals surface area contributed by atoms with Crippen LogP contribution in [0.3, 0.4) is 0 Å². The monoisotopic (exact) mass is 467 g/mol. The van der Waals surface area contributed by atoms with Crippen molar-refractivity contribution in [3.05, 3.63) is 107 Å². The lowest BCUT2D eigenvalue weighted by molar-refractivity contribution is -0.122. The standard InChI is InChI=1S/C28H22FN3O3/c1-2-18-6-9-23(10-7-18)32-27(34)24(26(33)30-28(32)35)16-19-8-11-25-21(14-19)12-13-31(25)17-20-4-3-5-22(29)15-20/h3-16H,2,17H2,1H3,(H,30,33,35)/b24-16-. The molecule has 0 unspecified atom stereocenters. The molecular weight excluding hydrogens is 445 g/mol. The second-order valence-corrected chi connectivity index (χ2v) is 8.37. The van der Waals surface area contributed by atoms with Crippen molar-refractivity contribution in [3.63, 3.8) is 0 Å². The third-order valence-corrected chi connectivity index (χ3v) is 6.05. The van der Waals surface area contributed by atoms with Crippen LogP contribution in [0.5, 0.6) is 0 Å². The van der Waals surface area contributed by atoms with Crippen LogP contribution >= 0.6 is 0 Å². The number of nitrogens with zero attached hydrogens (tertiary/aromatic N) is 2. The van der Waals surface area contributed by atoms with Gasteiger partial charge >= 0.3 is 6.03 Å². The summed E-state index contributed by atoms with van der Waals surface area (Å²) in [6.07, 6.45) is 4.22. The summed E-state index contributed by atoms with van der Waals surface area (Å²) in [6, 6.07) is 20.2. The predicted octanol–water partition coefficient (Wildman–Crippen LogP) is 5.06. The smallest absolute Gasteiger partial charge is 0.335 e. The summed E-state index contributed by atoms with van der Waals surface area (Å²) in [6.45, 7) is 2.52. The molecule has 174 valence electrons. The largest absolute Gasteiger partial charge is 0.343 e. The quantitative estimate of drug-likeness (QED) is 0.330. The number of benzene rings is 3. The molecule has 0 aliphatic carbocycles. The number of barbiturate groups is 1. The van der Waals surface area contributed by atoms with Crippen LogP contribution in [0.15, 0.2) is 84.6 Å². The number of rotatable bonds is 5. The van der Waals surface area contributed by atoms with E-state index in [4.69, 9.17) is 0 Å². The van der Waals surface area contributed by atoms with Gasteiger partial charge in [-0.25, -0.2) is 14.1 Å². The van der Waals surface area contributed by atoms with Gasteiger partial charge in [0, 0.05) is 23.6 Å². The minimum atomic E-state index is -0.772. The van der Waals surface area contributed by atoms with Gasteiger partial charge in [-0.3, -0.25) is 14.9 Å². The summed E-state index contributed by atoms with van der Waals surface area (Å²) in [5.74, 6) is -1.69. The molecule has 5 rings (SSSR count). The highest BCUT2D eigenvalue weighted by atomic mass is 19.1. The molecule has 0 bridgehead atoms. The van der Waals surface area contributed by atoms with Gasteiger partial charge in [0.25, 0.3) is 11.8 Å². The second-order valence-electron chi connectivity index (χ2n) is 8.37. The van der Waals surface area contributed by atoms with Crippen LogP contribution in [-0.2, 0) is 22.6 Å². The minimum Gasteiger partial charge on any atom is -0.343 e. The summed E-state index contributed by atoms with van der Waals surface area (Å²) in [7, 11) is 0. The first-order valence-electron chi connectivity index (χ1n) is 11.3. The van der Waals surface area contributed by atoms with Gasteiger partial charge in [0.1, 0.15) is 11.4 Å². The Morgan fingerprint density at radius 3 is 2.46 bits per heavy atom. The van der Waals surface area contributed by atoms with Crippen LogP contribution in [0.2, 0.25) is 0 Å². The number of aryl methyl sites for hydroxylation is 1. The van der Waals surface area contributed by atoms with Crippen molar-refractivity contribution in [1.29, 1.82) is 0 Å². The van der Waals surface area contributed by atoms with Crippen LogP contribution in [-0.4, -0.2) is 22.4 Å². The van der Waals surface area contributed by atoms with Crippen LogP contribution in [0, 0.1) is 5.82 Å². The summed E-state index contributed by atoms with van der Waals surface area (Å²) in [4.78, 5) is 39.1. The molecule has 35 heavy (non-hydrogen) atoms. The van der Waals surface area contributed by atoms with Crippen LogP contribution in [0.4, 0.5) is 14.9 Å². The van der Waals surface area contributed by atoms with Gasteiger partial charge in [-0.15, -0.1) is 0 Å². The molecule has 0 radical (unpaired) electrons. The maximum absolute atomic E-state index is 13.5. The number of urea groups is 1. The molecule has 1 aliphatic heterocycles. The molecule has 6 nitrogen and oxygen atoms in total. The van der Waals surface area contributed by atoms with Crippen molar-refractivity contribution in [1.82, 2.24) is 9.88 Å². The maximum atomic E-state index is 13.5. The zero-order valence-corrected chi connectivity index (χ0v) is 19.0. The van der Waals surface area contributed by atoms with Gasteiger partial charge in [-0.1, -0.05) is 37.3 Å². The van der Waals surface area contributed by atoms with E-state index in [1.165, 1.54) is 18.2 Å². The van der Waals surface area contributed by atoms with Gasteiger partial charge in [0.15, 0.2) is 0 Å². The summed E-state index contributed by atoms with van der Waals surface area (Å²) < 4.78 is 15.5. The Labute approximate surface area is 201 Å². The second kappa shape index (κ2) is 9.02. The van der Waals surface area contributed by atoms with Crippen LogP contribution in [0.1, 0.15) is 23.6 Å². The lowest BCUT2D eigenvalue weighted by atomic mass is 10.0. The SMILES string of the molecule is CCc1ccc(N2C(=O)NC(=O)/C(=C/c3ccc4c(ccn4Cc4cccc(F)c4)c3)C2=O)cc1. The minimum absolute atomic E-state index is 0.122. The number of hydrogen-bond acceptors (Lipinski definition) is 3. The number of carbonyl (C=O) groups excluding carboxylic acids is 3. The molecular formula is C28H22FN3O3. The third kappa shape index (κ3) is 4.36. The first-order valence-corrected chi connectivity index (χ1v) is 11.3. The zero-order valence-electron chi connectivity index (χ0n) is 19.0. The average molecular weight is 468 g/mol. The number of carbonyl (C=O) groups is 3. The van der Waals surface area contributed by atoms with E-state index < -0.39 is 17.8 Å². The van der Waals surface area contributed by atoms with Gasteiger partial charge in [-0.05, 0) is 71.7 Å². The van der Waals surface area contributed by atoms with Gasteiger partial charge in [-0.2, -0.15) is 0 Å². The van der Waals surface area contributed by atoms with Crippen molar-refractivity contribution < 1.29 is 18.8 Å². The summed E-state index contributed by atoms with van der Waals surface area (Å²) >= 11 is 0. The number of hydrogen-bond donors (Lipinski definition) is 1. The van der Waals surface area contributed by atoms with Crippen LogP contribution < -0.4 is 10.2 Å². The number of anilines is 1. The Morgan fingerprint density at radius 1 is 0.914 bits per heavy atom. The van der Waals surface area contributed by atoms with E-state index in [1.54, 1.807) is 24.3 Å². The first-order chi connectivity index (χ1) is 16.9. The van der Waals surface area contributed by atoms with E-state index in [1.807, 2.05) is 54.1 Å². The number of fused-ring (bicyclic) bond motifs is 1. The molecule has 4 amide bonds. The fourth-order valence-electron chi connectivity index (χ4n) is 4.22. The number of amides is 4. The topological polar surface area (TPSA) is 71.4 Å². The van der Waals surface area contributed by atoms with Crippen molar-refractivity contribution in [2.24, 2.45) is 0 Å². The van der Waals surface area contributed by atoms with E-state index in [0.29, 0.717) is 17.8 Å². The molecule has 1 fully saturated rings. The fraction of sp³-hybridized carbons (Fsp3) is 0.107. The normalized spacial score (nSPS) is 15.2. The number of nitrogens with one attached hydrogen (secondary N) is 1. The molecule has 1 aromatic heterocycles. The number of aromatic nitrogens is 1. The Balaban J connectivity index is 1.44. The van der Waals surface area contributed by atoms with Gasteiger partial charge in [0.05, 0.1) is 5.69 Å². The van der Waals surface area contributed by atoms with Crippen molar-refractivity contribution in [2.45, 2.75) is 19.9 Å². The Kier molecular flexibility index (Phi) is 5.74. The molecule has 1 aliphatic rings. The maximum Gasteiger partial charge on any atom is 0.335 e. The molecule has 2 heterocycles. The highest BCUT2D eigenvalue weighted by molar-refractivity contribution is 6.39. The highest BCUT2D eigenvalue weighted by Gasteiger charge is 2.36. The van der Waals surface area contributed by atoms with E-state index >= 15 is 0 Å². The Hall–Kier alpha value is -4.52. The lowest BCUT2D eigenvalue weighted by Gasteiger charge is -2.26. The molecule has 1 N–H and O–H groups in total. The Bertz CT molecular complexity index is 1500. The van der Waals surface area contributed by atoms with E-state index in [-0.39, 0.29) is 11.4 Å². The zero-order chi connectivity index (χ0) is 24.5. The molecule has 0 atom stereocenters. The molecule has 4 aromatic rings. The van der Waals surface area contributed by atoms with E-state index in [9.17, 15) is 18.8 Å². The number of halogens is 1. The molecule has 1 saturated heterocycles. The lowest BCUT2D eigenvalue weighted by Crippen LogP contribution is -2.54. The third-order valence-electron chi connectivity index (χ3n) is 6.05. The van der Waals surface area contributed by atoms with Gasteiger partial charge in [0.2, 0.25) is 0 Å². The van der Waals surface area contributed by atoms with Crippen molar-refractivity contribution in [2.75, 3.05) is 4.90 Å². The van der Waals surface area contributed by atoms with Gasteiger partial charge < -0.3 is 4.57 Å². The molecule has 0 saturated carbocycles. The van der Waals surface area contributed by atoms with Crippen molar-refractivity contribution in [3.8, 4) is 0 Å². The first kappa shape index (κ1) is 22.3. The summed E-state index contributed by atoms with van der Waals surface area (Å²) in [5.41, 5.74) is 3.77. The average Bonchev–Trinajstić information content (AvgIpc) is 3.24. The predicted molar refractivity (Wildman–Crippen MR) is 132 cm³/mol. The molecule has 7 heteroatoms. The van der Waals surface area contributed by atoms with Crippen LogP contribution in [0.25, 0.3) is 17.0 Å². The van der Waals surface area contributed by atoms with E-state index in [2.05, 4.69) is 5.32 Å². The number of imide groups is 2. The Morgan fingerprint density at radius 2 is 1.71 bits per heavy atom. The summed E-state index contributed by atoms with van der Waals surface area (Å²) in [5, 5.41) is 3.16. The molecule has 0 spiro atoms. The van der Waals surface area contributed by atoms with E-state index in [0.717, 1.165) is 33.4 Å². The molecule has 3 aromatic carbocycles. The fourth-order valence-corrected chi connectivity index (χ4v) is 4.22. The van der Waals surface area contributed by atoms with Crippen molar-refractivity contribution >= 4 is 40.5 Å². The highest BCUT2D eigenvalue weighted by Crippen LogP contribution is 2.25.